The number of hydrogen-bond donors (Lipinski definition) is 0. The summed E-state index contributed by atoms with van der Waals surface area (Å²) >= 11 is 0. The molecule has 0 amide bonds. The number of nitrogens with zero attached hydrogens (tertiary/aromatic N) is 3. The molecule has 0 aliphatic rings. The third-order valence-corrected chi connectivity index (χ3v) is 3.18. The molecule has 110 valence electrons. The molecule has 0 saturated heterocycles. The van der Waals surface area contributed by atoms with Gasteiger partial charge < -0.3 is 9.26 Å². The van der Waals surface area contributed by atoms with Crippen molar-refractivity contribution < 1.29 is 9.26 Å². The predicted molar refractivity (Wildman–Crippen MR) is 77.5 cm³/mol. The second kappa shape index (κ2) is 6.06. The molecule has 5 heteroatoms. The standard InChI is InChI=1S/C16H19N3O2/c1-16(2,3)14(20-4)15-18-13(21-19-15)9-11-5-7-12(10-17)8-6-11/h5-8,14H,9H2,1-4H3. The first-order chi connectivity index (χ1) is 9.94. The molecule has 0 fully saturated rings. The van der Waals surface area contributed by atoms with E-state index in [1.165, 1.54) is 0 Å². The summed E-state index contributed by atoms with van der Waals surface area (Å²) in [6, 6.07) is 9.43. The van der Waals surface area contributed by atoms with Crippen molar-refractivity contribution in [2.45, 2.75) is 33.3 Å². The Bertz CT molecular complexity index is 633. The molecule has 1 heterocycles. The van der Waals surface area contributed by atoms with E-state index in [1.807, 2.05) is 12.1 Å². The number of benzene rings is 1. The van der Waals surface area contributed by atoms with Gasteiger partial charge in [0, 0.05) is 7.11 Å². The van der Waals surface area contributed by atoms with Crippen LogP contribution < -0.4 is 0 Å². The topological polar surface area (TPSA) is 71.9 Å². The van der Waals surface area contributed by atoms with Crippen LogP contribution in [0.25, 0.3) is 0 Å². The van der Waals surface area contributed by atoms with Crippen molar-refractivity contribution in [3.05, 3.63) is 47.1 Å². The summed E-state index contributed by atoms with van der Waals surface area (Å²) in [5, 5.41) is 12.8. The molecule has 1 atom stereocenters. The Balaban J connectivity index is 2.14. The summed E-state index contributed by atoms with van der Waals surface area (Å²) in [4.78, 5) is 4.42. The third-order valence-electron chi connectivity index (χ3n) is 3.18. The summed E-state index contributed by atoms with van der Waals surface area (Å²) in [5.74, 6) is 1.11. The highest BCUT2D eigenvalue weighted by Gasteiger charge is 2.30. The van der Waals surface area contributed by atoms with Gasteiger partial charge in [0.15, 0.2) is 0 Å². The first-order valence-corrected chi connectivity index (χ1v) is 6.78. The average molecular weight is 285 g/mol. The zero-order chi connectivity index (χ0) is 15.5. The van der Waals surface area contributed by atoms with Crippen LogP contribution in [-0.2, 0) is 11.2 Å². The van der Waals surface area contributed by atoms with Crippen LogP contribution in [-0.4, -0.2) is 17.3 Å². The van der Waals surface area contributed by atoms with Crippen LogP contribution in [0.4, 0.5) is 0 Å². The fourth-order valence-electron chi connectivity index (χ4n) is 2.16. The number of ether oxygens (including phenoxy) is 1. The van der Waals surface area contributed by atoms with Gasteiger partial charge in [-0.25, -0.2) is 0 Å². The maximum absolute atomic E-state index is 8.78. The molecule has 0 radical (unpaired) electrons. The van der Waals surface area contributed by atoms with Gasteiger partial charge in [-0.1, -0.05) is 38.1 Å². The minimum atomic E-state index is -0.212. The maximum Gasteiger partial charge on any atom is 0.231 e. The molecule has 0 saturated carbocycles. The maximum atomic E-state index is 8.78. The van der Waals surface area contributed by atoms with E-state index in [-0.39, 0.29) is 11.5 Å². The number of rotatable bonds is 4. The molecule has 0 N–H and O–H groups in total. The molecule has 1 aromatic heterocycles. The first-order valence-electron chi connectivity index (χ1n) is 6.78. The van der Waals surface area contributed by atoms with Gasteiger partial charge in [0.1, 0.15) is 6.10 Å². The van der Waals surface area contributed by atoms with E-state index >= 15 is 0 Å². The van der Waals surface area contributed by atoms with Crippen LogP contribution >= 0.6 is 0 Å². The van der Waals surface area contributed by atoms with Crippen molar-refractivity contribution in [2.75, 3.05) is 7.11 Å². The lowest BCUT2D eigenvalue weighted by Gasteiger charge is -2.26. The Labute approximate surface area is 124 Å². The van der Waals surface area contributed by atoms with Gasteiger partial charge in [-0.3, -0.25) is 0 Å². The lowest BCUT2D eigenvalue weighted by molar-refractivity contribution is 0.00718. The largest absolute Gasteiger partial charge is 0.373 e. The van der Waals surface area contributed by atoms with E-state index in [1.54, 1.807) is 19.2 Å². The van der Waals surface area contributed by atoms with Crippen LogP contribution in [0, 0.1) is 16.7 Å². The number of aromatic nitrogens is 2. The monoisotopic (exact) mass is 285 g/mol. The zero-order valence-electron chi connectivity index (χ0n) is 12.8. The van der Waals surface area contributed by atoms with Crippen LogP contribution in [0.5, 0.6) is 0 Å². The highest BCUT2D eigenvalue weighted by Crippen LogP contribution is 2.33. The van der Waals surface area contributed by atoms with Crippen molar-refractivity contribution in [1.82, 2.24) is 10.1 Å². The molecule has 2 aromatic rings. The summed E-state index contributed by atoms with van der Waals surface area (Å²) in [6.07, 6.45) is 0.329. The molecule has 1 unspecified atom stereocenters. The summed E-state index contributed by atoms with van der Waals surface area (Å²) in [5.41, 5.74) is 1.55. The molecule has 1 aromatic carbocycles. The van der Waals surface area contributed by atoms with E-state index < -0.39 is 0 Å². The lowest BCUT2D eigenvalue weighted by Crippen LogP contribution is -2.21. The van der Waals surface area contributed by atoms with Gasteiger partial charge in [0.05, 0.1) is 18.1 Å². The Morgan fingerprint density at radius 3 is 2.48 bits per heavy atom. The quantitative estimate of drug-likeness (QED) is 0.862. The van der Waals surface area contributed by atoms with Gasteiger partial charge in [-0.05, 0) is 23.1 Å². The normalized spacial score (nSPS) is 12.9. The fraction of sp³-hybridized carbons (Fsp3) is 0.438. The molecule has 5 nitrogen and oxygen atoms in total. The number of hydrogen-bond acceptors (Lipinski definition) is 5. The predicted octanol–water partition coefficient (Wildman–Crippen LogP) is 3.27. The van der Waals surface area contributed by atoms with E-state index in [0.29, 0.717) is 23.7 Å². The summed E-state index contributed by atoms with van der Waals surface area (Å²) in [6.45, 7) is 6.20. The fourth-order valence-corrected chi connectivity index (χ4v) is 2.16. The van der Waals surface area contributed by atoms with Crippen molar-refractivity contribution in [3.8, 4) is 6.07 Å². The van der Waals surface area contributed by atoms with Crippen LogP contribution in [0.3, 0.4) is 0 Å². The number of nitriles is 1. The lowest BCUT2D eigenvalue weighted by atomic mass is 9.88. The van der Waals surface area contributed by atoms with Gasteiger partial charge in [-0.15, -0.1) is 0 Å². The van der Waals surface area contributed by atoms with E-state index in [4.69, 9.17) is 14.5 Å². The Morgan fingerprint density at radius 1 is 1.29 bits per heavy atom. The van der Waals surface area contributed by atoms with Gasteiger partial charge in [0.2, 0.25) is 11.7 Å². The molecular formula is C16H19N3O2. The minimum Gasteiger partial charge on any atom is -0.373 e. The molecule has 0 aliphatic carbocycles. The van der Waals surface area contributed by atoms with Crippen LogP contribution in [0.2, 0.25) is 0 Å². The van der Waals surface area contributed by atoms with Crippen LogP contribution in [0.15, 0.2) is 28.8 Å². The van der Waals surface area contributed by atoms with Crippen molar-refractivity contribution in [1.29, 1.82) is 5.26 Å². The van der Waals surface area contributed by atoms with Crippen LogP contribution in [0.1, 0.15) is 49.7 Å². The molecular weight excluding hydrogens is 266 g/mol. The zero-order valence-corrected chi connectivity index (χ0v) is 12.8. The minimum absolute atomic E-state index is 0.107. The molecule has 0 bridgehead atoms. The second-order valence-corrected chi connectivity index (χ2v) is 6.01. The van der Waals surface area contributed by atoms with E-state index in [9.17, 15) is 0 Å². The number of methoxy groups -OCH3 is 1. The molecule has 21 heavy (non-hydrogen) atoms. The van der Waals surface area contributed by atoms with Crippen molar-refractivity contribution >= 4 is 0 Å². The molecule has 2 rings (SSSR count). The van der Waals surface area contributed by atoms with Gasteiger partial charge in [0.25, 0.3) is 0 Å². The second-order valence-electron chi connectivity index (χ2n) is 6.01. The van der Waals surface area contributed by atoms with Gasteiger partial charge >= 0.3 is 0 Å². The van der Waals surface area contributed by atoms with E-state index in [2.05, 4.69) is 37.0 Å². The molecule has 0 spiro atoms. The average Bonchev–Trinajstić information content (AvgIpc) is 2.87. The van der Waals surface area contributed by atoms with Crippen molar-refractivity contribution in [3.63, 3.8) is 0 Å². The Hall–Kier alpha value is -2.19. The van der Waals surface area contributed by atoms with Crippen molar-refractivity contribution in [2.24, 2.45) is 5.41 Å². The first kappa shape index (κ1) is 15.2. The van der Waals surface area contributed by atoms with Gasteiger partial charge in [-0.2, -0.15) is 10.2 Å². The summed E-state index contributed by atoms with van der Waals surface area (Å²) in [7, 11) is 1.65. The third kappa shape index (κ3) is 3.67. The smallest absolute Gasteiger partial charge is 0.231 e. The highest BCUT2D eigenvalue weighted by molar-refractivity contribution is 5.32. The Kier molecular flexibility index (Phi) is 4.39. The van der Waals surface area contributed by atoms with E-state index in [0.717, 1.165) is 5.56 Å². The molecule has 0 aliphatic heterocycles. The highest BCUT2D eigenvalue weighted by atomic mass is 16.5. The Morgan fingerprint density at radius 2 is 1.95 bits per heavy atom. The SMILES string of the molecule is COC(c1noc(Cc2ccc(C#N)cc2)n1)C(C)(C)C. The summed E-state index contributed by atoms with van der Waals surface area (Å²) < 4.78 is 10.8.